The van der Waals surface area contributed by atoms with E-state index in [2.05, 4.69) is 14.9 Å². The normalized spacial score (nSPS) is 14.9. The summed E-state index contributed by atoms with van der Waals surface area (Å²) in [4.78, 5) is 20.6. The van der Waals surface area contributed by atoms with E-state index in [1.165, 1.54) is 18.3 Å². The number of nitro groups is 1. The molecule has 0 N–H and O–H groups in total. The predicted octanol–water partition coefficient (Wildman–Crippen LogP) is 2.30. The molecule has 0 radical (unpaired) electrons. The summed E-state index contributed by atoms with van der Waals surface area (Å²) in [6.45, 7) is 1.55. The van der Waals surface area contributed by atoms with Crippen LogP contribution in [0.25, 0.3) is 0 Å². The minimum absolute atomic E-state index is 0.0524. The molecular weight excluding hydrogens is 310 g/mol. The fraction of sp³-hybridized carbons (Fsp3) is 0.312. The lowest BCUT2D eigenvalue weighted by molar-refractivity contribution is -0.384. The summed E-state index contributed by atoms with van der Waals surface area (Å²) < 4.78 is 5.88. The molecule has 8 heteroatoms. The molecule has 2 aromatic rings. The van der Waals surface area contributed by atoms with Gasteiger partial charge < -0.3 is 9.64 Å². The predicted molar refractivity (Wildman–Crippen MR) is 85.7 cm³/mol. The number of aromatic nitrogens is 2. The molecule has 1 aromatic carbocycles. The van der Waals surface area contributed by atoms with Crippen molar-refractivity contribution in [2.45, 2.75) is 18.9 Å². The molecule has 0 spiro atoms. The molecule has 0 bridgehead atoms. The van der Waals surface area contributed by atoms with Gasteiger partial charge in [-0.25, -0.2) is 9.97 Å². The number of hydrogen-bond donors (Lipinski definition) is 0. The van der Waals surface area contributed by atoms with Crippen LogP contribution in [0.4, 0.5) is 11.5 Å². The van der Waals surface area contributed by atoms with Crippen LogP contribution in [0.1, 0.15) is 18.5 Å². The highest BCUT2D eigenvalue weighted by Crippen LogP contribution is 2.23. The van der Waals surface area contributed by atoms with E-state index in [1.807, 2.05) is 6.07 Å². The SMILES string of the molecule is N#Cc1cnc(N2CCC(Oc3ccc([N+](=O)[O-])cc3)CC2)cn1. The largest absolute Gasteiger partial charge is 0.490 e. The lowest BCUT2D eigenvalue weighted by Gasteiger charge is -2.32. The van der Waals surface area contributed by atoms with Crippen molar-refractivity contribution in [3.8, 4) is 11.8 Å². The van der Waals surface area contributed by atoms with E-state index in [-0.39, 0.29) is 11.8 Å². The number of benzene rings is 1. The molecule has 1 aliphatic rings. The van der Waals surface area contributed by atoms with Crippen LogP contribution in [0.15, 0.2) is 36.7 Å². The number of nitro benzene ring substituents is 1. The first-order valence-electron chi connectivity index (χ1n) is 7.54. The number of ether oxygens (including phenoxy) is 1. The number of nitrogens with zero attached hydrogens (tertiary/aromatic N) is 5. The van der Waals surface area contributed by atoms with E-state index in [4.69, 9.17) is 10.00 Å². The molecule has 2 heterocycles. The highest BCUT2D eigenvalue weighted by molar-refractivity contribution is 5.38. The maximum absolute atomic E-state index is 10.6. The molecule has 1 fully saturated rings. The Labute approximate surface area is 138 Å². The van der Waals surface area contributed by atoms with Crippen LogP contribution in [-0.2, 0) is 0 Å². The van der Waals surface area contributed by atoms with Crippen LogP contribution in [0.2, 0.25) is 0 Å². The van der Waals surface area contributed by atoms with Crippen molar-refractivity contribution >= 4 is 11.5 Å². The first-order chi connectivity index (χ1) is 11.7. The first-order valence-corrected chi connectivity index (χ1v) is 7.54. The van der Waals surface area contributed by atoms with E-state index < -0.39 is 4.92 Å². The molecule has 0 amide bonds. The second kappa shape index (κ2) is 6.91. The first kappa shape index (κ1) is 15.7. The zero-order valence-electron chi connectivity index (χ0n) is 12.8. The summed E-state index contributed by atoms with van der Waals surface area (Å²) >= 11 is 0. The van der Waals surface area contributed by atoms with Gasteiger partial charge in [-0.2, -0.15) is 5.26 Å². The highest BCUT2D eigenvalue weighted by atomic mass is 16.6. The Kier molecular flexibility index (Phi) is 4.52. The topological polar surface area (TPSA) is 105 Å². The third kappa shape index (κ3) is 3.57. The molecule has 1 aromatic heterocycles. The summed E-state index contributed by atoms with van der Waals surface area (Å²) in [6, 6.07) is 8.07. The Morgan fingerprint density at radius 2 is 1.92 bits per heavy atom. The summed E-state index contributed by atoms with van der Waals surface area (Å²) in [7, 11) is 0. The van der Waals surface area contributed by atoms with Crippen molar-refractivity contribution in [2.24, 2.45) is 0 Å². The monoisotopic (exact) mass is 325 g/mol. The maximum Gasteiger partial charge on any atom is 0.269 e. The van der Waals surface area contributed by atoms with Gasteiger partial charge in [-0.3, -0.25) is 10.1 Å². The Morgan fingerprint density at radius 1 is 1.21 bits per heavy atom. The van der Waals surface area contributed by atoms with Gasteiger partial charge in [-0.1, -0.05) is 0 Å². The Morgan fingerprint density at radius 3 is 2.46 bits per heavy atom. The van der Waals surface area contributed by atoms with Gasteiger partial charge in [-0.15, -0.1) is 0 Å². The van der Waals surface area contributed by atoms with Gasteiger partial charge >= 0.3 is 0 Å². The smallest absolute Gasteiger partial charge is 0.269 e. The number of rotatable bonds is 4. The van der Waals surface area contributed by atoms with Gasteiger partial charge in [0.15, 0.2) is 5.69 Å². The van der Waals surface area contributed by atoms with Crippen LogP contribution in [0, 0.1) is 21.4 Å². The molecule has 1 saturated heterocycles. The van der Waals surface area contributed by atoms with Crippen molar-refractivity contribution in [2.75, 3.05) is 18.0 Å². The van der Waals surface area contributed by atoms with Crippen molar-refractivity contribution in [3.05, 3.63) is 52.5 Å². The third-order valence-electron chi connectivity index (χ3n) is 3.87. The molecule has 1 aliphatic heterocycles. The summed E-state index contributed by atoms with van der Waals surface area (Å²) in [6.07, 6.45) is 4.77. The zero-order valence-corrected chi connectivity index (χ0v) is 12.8. The van der Waals surface area contributed by atoms with Crippen molar-refractivity contribution in [3.63, 3.8) is 0 Å². The third-order valence-corrected chi connectivity index (χ3v) is 3.87. The fourth-order valence-electron chi connectivity index (χ4n) is 2.58. The van der Waals surface area contributed by atoms with Gasteiger partial charge in [0.2, 0.25) is 0 Å². The minimum Gasteiger partial charge on any atom is -0.490 e. The Balaban J connectivity index is 1.54. The molecule has 122 valence electrons. The van der Waals surface area contributed by atoms with Gasteiger partial charge in [0, 0.05) is 38.1 Å². The highest BCUT2D eigenvalue weighted by Gasteiger charge is 2.22. The van der Waals surface area contributed by atoms with Gasteiger partial charge in [-0.05, 0) is 12.1 Å². The van der Waals surface area contributed by atoms with Crippen LogP contribution < -0.4 is 9.64 Å². The number of hydrogen-bond acceptors (Lipinski definition) is 7. The zero-order chi connectivity index (χ0) is 16.9. The van der Waals surface area contributed by atoms with E-state index in [1.54, 1.807) is 18.3 Å². The van der Waals surface area contributed by atoms with E-state index in [0.717, 1.165) is 31.7 Å². The average molecular weight is 325 g/mol. The van der Waals surface area contributed by atoms with Crippen LogP contribution in [0.3, 0.4) is 0 Å². The Bertz CT molecular complexity index is 747. The molecule has 3 rings (SSSR count). The van der Waals surface area contributed by atoms with Crippen LogP contribution in [-0.4, -0.2) is 34.1 Å². The summed E-state index contributed by atoms with van der Waals surface area (Å²) in [5, 5.41) is 19.4. The van der Waals surface area contributed by atoms with Crippen molar-refractivity contribution in [1.82, 2.24) is 9.97 Å². The number of nitriles is 1. The van der Waals surface area contributed by atoms with Gasteiger partial charge in [0.1, 0.15) is 23.7 Å². The molecule has 0 saturated carbocycles. The number of piperidine rings is 1. The number of non-ortho nitro benzene ring substituents is 1. The molecule has 24 heavy (non-hydrogen) atoms. The van der Waals surface area contributed by atoms with E-state index in [0.29, 0.717) is 11.4 Å². The standard InChI is InChI=1S/C16H15N5O3/c17-9-12-10-19-16(11-18-12)20-7-5-15(6-8-20)24-14-3-1-13(2-4-14)21(22)23/h1-4,10-11,15H,5-8H2. The molecular formula is C16H15N5O3. The summed E-state index contributed by atoms with van der Waals surface area (Å²) in [5.41, 5.74) is 0.353. The van der Waals surface area contributed by atoms with Crippen LogP contribution in [0.5, 0.6) is 5.75 Å². The van der Waals surface area contributed by atoms with Gasteiger partial charge in [0.25, 0.3) is 5.69 Å². The quantitative estimate of drug-likeness (QED) is 0.627. The maximum atomic E-state index is 10.6. The second-order valence-corrected chi connectivity index (χ2v) is 5.43. The van der Waals surface area contributed by atoms with E-state index >= 15 is 0 Å². The molecule has 0 unspecified atom stereocenters. The van der Waals surface area contributed by atoms with Crippen LogP contribution >= 0.6 is 0 Å². The lowest BCUT2D eigenvalue weighted by Crippen LogP contribution is -2.38. The molecule has 0 aliphatic carbocycles. The lowest BCUT2D eigenvalue weighted by atomic mass is 10.1. The molecule has 8 nitrogen and oxygen atoms in total. The second-order valence-electron chi connectivity index (χ2n) is 5.43. The van der Waals surface area contributed by atoms with Crippen molar-refractivity contribution in [1.29, 1.82) is 5.26 Å². The Hall–Kier alpha value is -3.21. The molecule has 0 atom stereocenters. The fourth-order valence-corrected chi connectivity index (χ4v) is 2.58. The summed E-state index contributed by atoms with van der Waals surface area (Å²) in [5.74, 6) is 1.39. The minimum atomic E-state index is -0.430. The van der Waals surface area contributed by atoms with Gasteiger partial charge in [0.05, 0.1) is 17.3 Å². The van der Waals surface area contributed by atoms with Crippen molar-refractivity contribution < 1.29 is 9.66 Å². The average Bonchev–Trinajstić information content (AvgIpc) is 2.63. The van der Waals surface area contributed by atoms with E-state index in [9.17, 15) is 10.1 Å². The number of anilines is 1.